The van der Waals surface area contributed by atoms with Gasteiger partial charge in [0.15, 0.2) is 0 Å². The number of carbonyl (C=O) groups is 1. The molecule has 0 bridgehead atoms. The summed E-state index contributed by atoms with van der Waals surface area (Å²) in [4.78, 5) is 12.0. The van der Waals surface area contributed by atoms with Gasteiger partial charge in [-0.25, -0.2) is 0 Å². The van der Waals surface area contributed by atoms with Crippen molar-refractivity contribution in [2.24, 2.45) is 0 Å². The van der Waals surface area contributed by atoms with Gasteiger partial charge in [0, 0.05) is 11.6 Å². The first kappa shape index (κ1) is 14.2. The predicted octanol–water partition coefficient (Wildman–Crippen LogP) is 3.13. The number of hydrogen-bond donors (Lipinski definition) is 3. The van der Waals surface area contributed by atoms with E-state index in [1.807, 2.05) is 12.1 Å². The van der Waals surface area contributed by atoms with E-state index in [-0.39, 0.29) is 17.1 Å². The lowest BCUT2D eigenvalue weighted by Crippen LogP contribution is -2.12. The number of phenols is 2. The molecule has 0 saturated heterocycles. The van der Waals surface area contributed by atoms with Crippen LogP contribution in [0.1, 0.15) is 15.9 Å². The van der Waals surface area contributed by atoms with Crippen molar-refractivity contribution in [1.82, 2.24) is 0 Å². The Hall–Kier alpha value is -2.20. The normalized spacial score (nSPS) is 10.2. The van der Waals surface area contributed by atoms with Crippen LogP contribution in [0.4, 0.5) is 5.69 Å². The first-order valence-corrected chi connectivity index (χ1v) is 6.62. The first-order valence-electron chi connectivity index (χ1n) is 6.09. The van der Waals surface area contributed by atoms with Gasteiger partial charge in [-0.1, -0.05) is 18.2 Å². The second-order valence-electron chi connectivity index (χ2n) is 4.26. The molecule has 0 heterocycles. The van der Waals surface area contributed by atoms with Gasteiger partial charge in [-0.15, -0.1) is 11.6 Å². The summed E-state index contributed by atoms with van der Waals surface area (Å²) in [6, 6.07) is 11.4. The molecule has 0 spiro atoms. The quantitative estimate of drug-likeness (QED) is 0.758. The number of phenolic OH excluding ortho intramolecular Hbond substituents is 2. The molecule has 104 valence electrons. The molecule has 0 fully saturated rings. The molecule has 3 N–H and O–H groups in total. The van der Waals surface area contributed by atoms with Gasteiger partial charge in [-0.05, 0) is 36.2 Å². The lowest BCUT2D eigenvalue weighted by Gasteiger charge is -2.09. The second-order valence-corrected chi connectivity index (χ2v) is 4.64. The predicted molar refractivity (Wildman–Crippen MR) is 78.6 cm³/mol. The van der Waals surface area contributed by atoms with Crippen LogP contribution in [-0.4, -0.2) is 22.0 Å². The van der Waals surface area contributed by atoms with E-state index in [9.17, 15) is 15.0 Å². The Balaban J connectivity index is 2.15. The molecular formula is C15H14ClNO3. The van der Waals surface area contributed by atoms with E-state index in [1.54, 1.807) is 12.1 Å². The summed E-state index contributed by atoms with van der Waals surface area (Å²) in [7, 11) is 0. The maximum atomic E-state index is 12.0. The Morgan fingerprint density at radius 2 is 1.65 bits per heavy atom. The molecule has 2 aromatic rings. The molecule has 4 nitrogen and oxygen atoms in total. The highest BCUT2D eigenvalue weighted by molar-refractivity contribution is 6.18. The van der Waals surface area contributed by atoms with Crippen LogP contribution in [-0.2, 0) is 6.42 Å². The molecule has 0 radical (unpaired) electrons. The number of aryl methyl sites for hydroxylation is 1. The third kappa shape index (κ3) is 3.22. The van der Waals surface area contributed by atoms with Crippen molar-refractivity contribution in [3.63, 3.8) is 0 Å². The summed E-state index contributed by atoms with van der Waals surface area (Å²) >= 11 is 5.65. The van der Waals surface area contributed by atoms with E-state index < -0.39 is 5.91 Å². The molecular weight excluding hydrogens is 278 g/mol. The number of aromatic hydroxyl groups is 2. The third-order valence-corrected chi connectivity index (χ3v) is 3.03. The fourth-order valence-corrected chi connectivity index (χ4v) is 2.04. The minimum Gasteiger partial charge on any atom is -0.507 e. The van der Waals surface area contributed by atoms with Crippen molar-refractivity contribution >= 4 is 23.2 Å². The average Bonchev–Trinajstić information content (AvgIpc) is 2.41. The fourth-order valence-electron chi connectivity index (χ4n) is 1.82. The number of amides is 1. The van der Waals surface area contributed by atoms with E-state index in [2.05, 4.69) is 5.32 Å². The highest BCUT2D eigenvalue weighted by Gasteiger charge is 2.15. The van der Waals surface area contributed by atoms with E-state index in [1.165, 1.54) is 18.2 Å². The van der Waals surface area contributed by atoms with Crippen LogP contribution in [0.15, 0.2) is 42.5 Å². The highest BCUT2D eigenvalue weighted by atomic mass is 35.5. The van der Waals surface area contributed by atoms with Gasteiger partial charge in [0.25, 0.3) is 5.91 Å². The third-order valence-electron chi connectivity index (χ3n) is 2.84. The summed E-state index contributed by atoms with van der Waals surface area (Å²) in [5, 5.41) is 21.9. The minimum absolute atomic E-state index is 0.141. The first-order chi connectivity index (χ1) is 9.61. The summed E-state index contributed by atoms with van der Waals surface area (Å²) in [5.74, 6) is -0.550. The molecule has 0 aliphatic carbocycles. The monoisotopic (exact) mass is 291 g/mol. The SMILES string of the molecule is O=C(Nc1ccc(CCCl)cc1)c1c(O)cccc1O. The zero-order chi connectivity index (χ0) is 14.5. The van der Waals surface area contributed by atoms with Gasteiger partial charge in [0.2, 0.25) is 0 Å². The number of alkyl halides is 1. The molecule has 20 heavy (non-hydrogen) atoms. The van der Waals surface area contributed by atoms with Crippen LogP contribution in [0.3, 0.4) is 0 Å². The largest absolute Gasteiger partial charge is 0.507 e. The van der Waals surface area contributed by atoms with E-state index in [4.69, 9.17) is 11.6 Å². The van der Waals surface area contributed by atoms with E-state index in [0.29, 0.717) is 11.6 Å². The number of carbonyl (C=O) groups excluding carboxylic acids is 1. The number of anilines is 1. The Labute approximate surface area is 121 Å². The minimum atomic E-state index is -0.564. The Morgan fingerprint density at radius 1 is 1.05 bits per heavy atom. The van der Waals surface area contributed by atoms with Gasteiger partial charge < -0.3 is 15.5 Å². The lowest BCUT2D eigenvalue weighted by atomic mass is 10.1. The molecule has 0 unspecified atom stereocenters. The molecule has 5 heteroatoms. The number of rotatable bonds is 4. The van der Waals surface area contributed by atoms with Crippen molar-refractivity contribution < 1.29 is 15.0 Å². The molecule has 0 aliphatic heterocycles. The summed E-state index contributed by atoms with van der Waals surface area (Å²) in [6.45, 7) is 0. The van der Waals surface area contributed by atoms with Crippen LogP contribution in [0.5, 0.6) is 11.5 Å². The maximum absolute atomic E-state index is 12.0. The molecule has 0 atom stereocenters. The van der Waals surface area contributed by atoms with Gasteiger partial charge in [-0.3, -0.25) is 4.79 Å². The summed E-state index contributed by atoms with van der Waals surface area (Å²) in [6.07, 6.45) is 0.760. The number of hydrogen-bond acceptors (Lipinski definition) is 3. The molecule has 0 saturated carbocycles. The average molecular weight is 292 g/mol. The smallest absolute Gasteiger partial charge is 0.263 e. The Morgan fingerprint density at radius 3 is 2.20 bits per heavy atom. The van der Waals surface area contributed by atoms with Crippen LogP contribution in [0.2, 0.25) is 0 Å². The van der Waals surface area contributed by atoms with Crippen molar-refractivity contribution in [3.05, 3.63) is 53.6 Å². The zero-order valence-corrected chi connectivity index (χ0v) is 11.4. The second kappa shape index (κ2) is 6.30. The molecule has 0 aliphatic rings. The van der Waals surface area contributed by atoms with Crippen LogP contribution in [0, 0.1) is 0 Å². The molecule has 2 aromatic carbocycles. The number of halogens is 1. The Kier molecular flexibility index (Phi) is 4.48. The van der Waals surface area contributed by atoms with Gasteiger partial charge in [0.05, 0.1) is 0 Å². The maximum Gasteiger partial charge on any atom is 0.263 e. The Bertz CT molecular complexity index is 591. The van der Waals surface area contributed by atoms with Gasteiger partial charge >= 0.3 is 0 Å². The van der Waals surface area contributed by atoms with Crippen molar-refractivity contribution in [2.45, 2.75) is 6.42 Å². The molecule has 2 rings (SSSR count). The lowest BCUT2D eigenvalue weighted by molar-refractivity contribution is 0.102. The topological polar surface area (TPSA) is 69.6 Å². The number of benzene rings is 2. The summed E-state index contributed by atoms with van der Waals surface area (Å²) in [5.41, 5.74) is 1.51. The van der Waals surface area contributed by atoms with Crippen molar-refractivity contribution in [3.8, 4) is 11.5 Å². The van der Waals surface area contributed by atoms with Crippen molar-refractivity contribution in [2.75, 3.05) is 11.2 Å². The van der Waals surface area contributed by atoms with Gasteiger partial charge in [0.1, 0.15) is 17.1 Å². The fraction of sp³-hybridized carbons (Fsp3) is 0.133. The molecule has 0 aromatic heterocycles. The zero-order valence-electron chi connectivity index (χ0n) is 10.6. The van der Waals surface area contributed by atoms with Crippen LogP contribution < -0.4 is 5.32 Å². The van der Waals surface area contributed by atoms with E-state index in [0.717, 1.165) is 12.0 Å². The summed E-state index contributed by atoms with van der Waals surface area (Å²) < 4.78 is 0. The van der Waals surface area contributed by atoms with Crippen molar-refractivity contribution in [1.29, 1.82) is 0 Å². The van der Waals surface area contributed by atoms with E-state index >= 15 is 0 Å². The van der Waals surface area contributed by atoms with Gasteiger partial charge in [-0.2, -0.15) is 0 Å². The van der Waals surface area contributed by atoms with Crippen LogP contribution >= 0.6 is 11.6 Å². The standard InChI is InChI=1S/C15H14ClNO3/c16-9-8-10-4-6-11(7-5-10)17-15(20)14-12(18)2-1-3-13(14)19/h1-7,18-19H,8-9H2,(H,17,20). The van der Waals surface area contributed by atoms with Crippen LogP contribution in [0.25, 0.3) is 0 Å². The molecule has 1 amide bonds. The number of nitrogens with one attached hydrogen (secondary N) is 1. The highest BCUT2D eigenvalue weighted by Crippen LogP contribution is 2.27.